The maximum atomic E-state index is 12.3. The molecular formula is C19H29N3O. The van der Waals surface area contributed by atoms with E-state index in [0.29, 0.717) is 24.0 Å². The van der Waals surface area contributed by atoms with Crippen LogP contribution in [0.15, 0.2) is 24.7 Å². The molecule has 0 bridgehead atoms. The molecule has 2 aliphatic rings. The standard InChI is InChI=1S/C19H29N3O/c20-17(10-14-4-2-1-3-5-14)9-8-16(15-6-7-15)11-19(23)18-12-21-13-22-18/h8-9,12-17H,1-7,10-11,20H2,(H,21,22)/b9-8+/t16-,17-/m1/s1. The van der Waals surface area contributed by atoms with Crippen LogP contribution in [-0.4, -0.2) is 21.8 Å². The molecule has 2 saturated carbocycles. The van der Waals surface area contributed by atoms with Crippen molar-refractivity contribution in [2.24, 2.45) is 23.5 Å². The van der Waals surface area contributed by atoms with Crippen LogP contribution < -0.4 is 5.73 Å². The number of nitrogens with one attached hydrogen (secondary N) is 1. The number of Topliss-reactive ketones (excluding diaryl/α,β-unsaturated/α-hetero) is 1. The third-order valence-electron chi connectivity index (χ3n) is 5.38. The summed E-state index contributed by atoms with van der Waals surface area (Å²) in [7, 11) is 0. The number of aromatic nitrogens is 2. The first-order valence-corrected chi connectivity index (χ1v) is 9.18. The van der Waals surface area contributed by atoms with Gasteiger partial charge in [0.1, 0.15) is 5.69 Å². The second-order valence-corrected chi connectivity index (χ2v) is 7.38. The smallest absolute Gasteiger partial charge is 0.181 e. The maximum absolute atomic E-state index is 12.3. The molecule has 1 heterocycles. The van der Waals surface area contributed by atoms with Crippen molar-refractivity contribution in [2.45, 2.75) is 63.8 Å². The fraction of sp³-hybridized carbons (Fsp3) is 0.684. The van der Waals surface area contributed by atoms with E-state index in [0.717, 1.165) is 12.3 Å². The molecule has 4 heteroatoms. The van der Waals surface area contributed by atoms with Gasteiger partial charge in [0, 0.05) is 12.5 Å². The Hall–Kier alpha value is -1.42. The van der Waals surface area contributed by atoms with E-state index in [-0.39, 0.29) is 11.8 Å². The Labute approximate surface area is 138 Å². The SMILES string of the molecule is N[C@H](/C=C/[C@H](CC(=O)c1cnc[nH]1)C1CC1)CC1CCCCC1. The summed E-state index contributed by atoms with van der Waals surface area (Å²) in [5, 5.41) is 0. The van der Waals surface area contributed by atoms with Crippen molar-refractivity contribution in [1.29, 1.82) is 0 Å². The average molecular weight is 315 g/mol. The quantitative estimate of drug-likeness (QED) is 0.565. The van der Waals surface area contributed by atoms with Gasteiger partial charge < -0.3 is 10.7 Å². The fourth-order valence-corrected chi connectivity index (χ4v) is 3.82. The first-order chi connectivity index (χ1) is 11.2. The summed E-state index contributed by atoms with van der Waals surface area (Å²) in [4.78, 5) is 19.1. The molecule has 2 aliphatic carbocycles. The van der Waals surface area contributed by atoms with Crippen LogP contribution in [0.2, 0.25) is 0 Å². The Morgan fingerprint density at radius 3 is 2.70 bits per heavy atom. The summed E-state index contributed by atoms with van der Waals surface area (Å²) in [6.07, 6.45) is 18.5. The van der Waals surface area contributed by atoms with Crippen molar-refractivity contribution in [3.63, 3.8) is 0 Å². The zero-order chi connectivity index (χ0) is 16.1. The van der Waals surface area contributed by atoms with Crippen molar-refractivity contribution < 1.29 is 4.79 Å². The van der Waals surface area contributed by atoms with Crippen molar-refractivity contribution >= 4 is 5.78 Å². The molecule has 1 aromatic rings. The largest absolute Gasteiger partial charge is 0.342 e. The number of allylic oxidation sites excluding steroid dienone is 1. The maximum Gasteiger partial charge on any atom is 0.181 e. The van der Waals surface area contributed by atoms with Crippen molar-refractivity contribution in [1.82, 2.24) is 9.97 Å². The van der Waals surface area contributed by atoms with Crippen LogP contribution in [0.25, 0.3) is 0 Å². The normalized spacial score (nSPS) is 22.3. The first kappa shape index (κ1) is 16.4. The Morgan fingerprint density at radius 1 is 1.26 bits per heavy atom. The molecule has 0 aliphatic heterocycles. The van der Waals surface area contributed by atoms with E-state index in [1.165, 1.54) is 44.9 Å². The number of imidazole rings is 1. The van der Waals surface area contributed by atoms with Gasteiger partial charge in [-0.15, -0.1) is 0 Å². The zero-order valence-corrected chi connectivity index (χ0v) is 13.9. The number of nitrogens with zero attached hydrogens (tertiary/aromatic N) is 1. The van der Waals surface area contributed by atoms with Gasteiger partial charge in [-0.3, -0.25) is 4.79 Å². The van der Waals surface area contributed by atoms with E-state index in [1.807, 2.05) is 0 Å². The van der Waals surface area contributed by atoms with Gasteiger partial charge in [0.05, 0.1) is 12.5 Å². The topological polar surface area (TPSA) is 71.8 Å². The summed E-state index contributed by atoms with van der Waals surface area (Å²) < 4.78 is 0. The Balaban J connectivity index is 1.51. The van der Waals surface area contributed by atoms with E-state index < -0.39 is 0 Å². The number of hydrogen-bond donors (Lipinski definition) is 2. The molecular weight excluding hydrogens is 286 g/mol. The van der Waals surface area contributed by atoms with Crippen LogP contribution in [0.1, 0.15) is 68.3 Å². The molecule has 0 unspecified atom stereocenters. The molecule has 0 spiro atoms. The van der Waals surface area contributed by atoms with Crippen molar-refractivity contribution in [3.8, 4) is 0 Å². The molecule has 0 saturated heterocycles. The Kier molecular flexibility index (Phi) is 5.65. The molecule has 3 N–H and O–H groups in total. The van der Waals surface area contributed by atoms with Gasteiger partial charge in [0.2, 0.25) is 0 Å². The van der Waals surface area contributed by atoms with Gasteiger partial charge in [-0.2, -0.15) is 0 Å². The monoisotopic (exact) mass is 315 g/mol. The minimum Gasteiger partial charge on any atom is -0.342 e. The van der Waals surface area contributed by atoms with Gasteiger partial charge in [0.25, 0.3) is 0 Å². The summed E-state index contributed by atoms with van der Waals surface area (Å²) in [5.74, 6) is 1.96. The summed E-state index contributed by atoms with van der Waals surface area (Å²) in [5.41, 5.74) is 6.93. The van der Waals surface area contributed by atoms with Gasteiger partial charge in [-0.25, -0.2) is 4.98 Å². The molecule has 3 rings (SSSR count). The molecule has 0 amide bonds. The third-order valence-corrected chi connectivity index (χ3v) is 5.38. The molecule has 23 heavy (non-hydrogen) atoms. The summed E-state index contributed by atoms with van der Waals surface area (Å²) >= 11 is 0. The van der Waals surface area contributed by atoms with E-state index in [2.05, 4.69) is 22.1 Å². The molecule has 126 valence electrons. The van der Waals surface area contributed by atoms with Crippen LogP contribution in [0.5, 0.6) is 0 Å². The van der Waals surface area contributed by atoms with Crippen LogP contribution in [0.3, 0.4) is 0 Å². The predicted octanol–water partition coefficient (Wildman–Crippen LogP) is 3.86. The van der Waals surface area contributed by atoms with Crippen molar-refractivity contribution in [3.05, 3.63) is 30.4 Å². The van der Waals surface area contributed by atoms with E-state index in [4.69, 9.17) is 5.73 Å². The number of hydrogen-bond acceptors (Lipinski definition) is 3. The minimum atomic E-state index is 0.140. The highest BCUT2D eigenvalue weighted by atomic mass is 16.1. The third kappa shape index (κ3) is 5.03. The molecule has 0 radical (unpaired) electrons. The second kappa shape index (κ2) is 7.91. The highest BCUT2D eigenvalue weighted by Crippen LogP contribution is 2.40. The van der Waals surface area contributed by atoms with Gasteiger partial charge in [-0.05, 0) is 37.0 Å². The number of H-pyrrole nitrogens is 1. The second-order valence-electron chi connectivity index (χ2n) is 7.38. The number of aromatic amines is 1. The van der Waals surface area contributed by atoms with Crippen LogP contribution in [0, 0.1) is 17.8 Å². The lowest BCUT2D eigenvalue weighted by atomic mass is 9.84. The van der Waals surface area contributed by atoms with E-state index >= 15 is 0 Å². The lowest BCUT2D eigenvalue weighted by molar-refractivity contribution is 0.0961. The predicted molar refractivity (Wildman–Crippen MR) is 92.1 cm³/mol. The minimum absolute atomic E-state index is 0.140. The molecule has 0 aromatic carbocycles. The number of rotatable bonds is 8. The lowest BCUT2D eigenvalue weighted by Crippen LogP contribution is -2.23. The number of nitrogens with two attached hydrogens (primary N) is 1. The van der Waals surface area contributed by atoms with E-state index in [1.54, 1.807) is 12.5 Å². The van der Waals surface area contributed by atoms with Crippen LogP contribution >= 0.6 is 0 Å². The number of carbonyl (C=O) groups is 1. The average Bonchev–Trinajstić information content (AvgIpc) is 3.25. The van der Waals surface area contributed by atoms with Crippen LogP contribution in [0.4, 0.5) is 0 Å². The van der Waals surface area contributed by atoms with Gasteiger partial charge in [0.15, 0.2) is 5.78 Å². The lowest BCUT2D eigenvalue weighted by Gasteiger charge is -2.23. The van der Waals surface area contributed by atoms with E-state index in [9.17, 15) is 4.79 Å². The summed E-state index contributed by atoms with van der Waals surface area (Å²) in [6, 6.07) is 0.140. The number of ketones is 1. The molecule has 2 fully saturated rings. The van der Waals surface area contributed by atoms with Crippen molar-refractivity contribution in [2.75, 3.05) is 0 Å². The first-order valence-electron chi connectivity index (χ1n) is 9.18. The molecule has 1 aromatic heterocycles. The van der Waals surface area contributed by atoms with Gasteiger partial charge >= 0.3 is 0 Å². The highest BCUT2D eigenvalue weighted by Gasteiger charge is 2.31. The van der Waals surface area contributed by atoms with Gasteiger partial charge in [-0.1, -0.05) is 44.3 Å². The molecule has 4 nitrogen and oxygen atoms in total. The summed E-state index contributed by atoms with van der Waals surface area (Å²) in [6.45, 7) is 0. The fourth-order valence-electron chi connectivity index (χ4n) is 3.82. The Bertz CT molecular complexity index is 513. The molecule has 2 atom stereocenters. The zero-order valence-electron chi connectivity index (χ0n) is 13.9. The number of carbonyl (C=O) groups excluding carboxylic acids is 1. The van der Waals surface area contributed by atoms with Crippen LogP contribution in [-0.2, 0) is 0 Å². The highest BCUT2D eigenvalue weighted by molar-refractivity contribution is 5.94. The Morgan fingerprint density at radius 2 is 2.04 bits per heavy atom.